The molecule has 0 bridgehead atoms. The molecule has 36 valence electrons. The molecule has 0 spiro atoms. The maximum atomic E-state index is 9.80. The SMILES string of the molecule is O=c1[nH]c(=O)c1=O. The lowest BCUT2D eigenvalue weighted by Crippen LogP contribution is -2.50. The third-order valence-corrected chi connectivity index (χ3v) is 0.640. The van der Waals surface area contributed by atoms with Crippen LogP contribution in [0.25, 0.3) is 0 Å². The van der Waals surface area contributed by atoms with Gasteiger partial charge in [-0.05, 0) is 0 Å². The van der Waals surface area contributed by atoms with Gasteiger partial charge in [-0.2, -0.15) is 0 Å². The van der Waals surface area contributed by atoms with Crippen molar-refractivity contribution in [3.63, 3.8) is 0 Å². The van der Waals surface area contributed by atoms with Gasteiger partial charge >= 0.3 is 16.5 Å². The van der Waals surface area contributed by atoms with E-state index >= 15 is 0 Å². The largest absolute Gasteiger partial charge is 0.308 e. The van der Waals surface area contributed by atoms with Crippen molar-refractivity contribution in [1.29, 1.82) is 0 Å². The average molecular weight is 99.0 g/mol. The molecule has 0 aromatic carbocycles. The second-order valence-corrected chi connectivity index (χ2v) is 1.11. The minimum atomic E-state index is -0.944. The minimum Gasteiger partial charge on any atom is -0.282 e. The predicted molar refractivity (Wildman–Crippen MR) is 22.0 cm³/mol. The monoisotopic (exact) mass is 99.0 g/mol. The second-order valence-electron chi connectivity index (χ2n) is 1.11. The smallest absolute Gasteiger partial charge is 0.282 e. The summed E-state index contributed by atoms with van der Waals surface area (Å²) in [5, 5.41) is 0. The number of hydrogen-bond acceptors (Lipinski definition) is 3. The summed E-state index contributed by atoms with van der Waals surface area (Å²) in [4.78, 5) is 31.0. The van der Waals surface area contributed by atoms with Gasteiger partial charge in [-0.3, -0.25) is 19.4 Å². The summed E-state index contributed by atoms with van der Waals surface area (Å²) in [5.74, 6) is 0. The van der Waals surface area contributed by atoms with Gasteiger partial charge in [-0.15, -0.1) is 0 Å². The predicted octanol–water partition coefficient (Wildman–Crippen LogP) is -2.03. The van der Waals surface area contributed by atoms with E-state index in [9.17, 15) is 14.4 Å². The Morgan fingerprint density at radius 1 is 1.00 bits per heavy atom. The molecule has 0 radical (unpaired) electrons. The fraction of sp³-hybridized carbons (Fsp3) is 0. The van der Waals surface area contributed by atoms with Gasteiger partial charge < -0.3 is 0 Å². The van der Waals surface area contributed by atoms with Crippen LogP contribution in [0, 0.1) is 0 Å². The Hall–Kier alpha value is -1.19. The van der Waals surface area contributed by atoms with Crippen LogP contribution in [0.1, 0.15) is 0 Å². The van der Waals surface area contributed by atoms with Crippen LogP contribution in [0.2, 0.25) is 0 Å². The van der Waals surface area contributed by atoms with E-state index in [0.717, 1.165) is 0 Å². The summed E-state index contributed by atoms with van der Waals surface area (Å²) in [6, 6.07) is 0. The highest BCUT2D eigenvalue weighted by Crippen LogP contribution is 1.28. The van der Waals surface area contributed by atoms with Crippen molar-refractivity contribution >= 4 is 0 Å². The summed E-state index contributed by atoms with van der Waals surface area (Å²) in [5.41, 5.74) is -2.55. The van der Waals surface area contributed by atoms with Gasteiger partial charge in [0.1, 0.15) is 0 Å². The van der Waals surface area contributed by atoms with Crippen molar-refractivity contribution in [3.05, 3.63) is 30.9 Å². The highest BCUT2D eigenvalue weighted by molar-refractivity contribution is 4.86. The van der Waals surface area contributed by atoms with Crippen LogP contribution in [0.4, 0.5) is 0 Å². The molecule has 0 saturated heterocycles. The molecule has 0 aliphatic heterocycles. The molecule has 0 aliphatic carbocycles. The zero-order valence-corrected chi connectivity index (χ0v) is 3.22. The topological polar surface area (TPSA) is 67.0 Å². The molecule has 4 heteroatoms. The fourth-order valence-electron chi connectivity index (χ4n) is 0.257. The number of nitrogens with one attached hydrogen (secondary N) is 1. The molecule has 0 aliphatic rings. The van der Waals surface area contributed by atoms with Crippen molar-refractivity contribution in [2.75, 3.05) is 0 Å². The Bertz CT molecular complexity index is 261. The molecule has 0 atom stereocenters. The Morgan fingerprint density at radius 3 is 1.43 bits per heavy atom. The molecule has 7 heavy (non-hydrogen) atoms. The van der Waals surface area contributed by atoms with Gasteiger partial charge in [0.15, 0.2) is 0 Å². The van der Waals surface area contributed by atoms with Crippen LogP contribution in [0.3, 0.4) is 0 Å². The Balaban J connectivity index is 3.77. The summed E-state index contributed by atoms with van der Waals surface area (Å²) in [6.45, 7) is 0. The molecule has 1 N–H and O–H groups in total. The maximum Gasteiger partial charge on any atom is 0.308 e. The van der Waals surface area contributed by atoms with Crippen molar-refractivity contribution in [2.45, 2.75) is 0 Å². The Morgan fingerprint density at radius 2 is 1.43 bits per heavy atom. The number of aromatic nitrogens is 1. The third kappa shape index (κ3) is 0.325. The van der Waals surface area contributed by atoms with Crippen LogP contribution in [0.15, 0.2) is 14.4 Å². The summed E-state index contributed by atoms with van der Waals surface area (Å²) in [6.07, 6.45) is 0. The molecule has 0 fully saturated rings. The molecule has 1 rings (SSSR count). The zero-order valence-electron chi connectivity index (χ0n) is 3.22. The molecule has 0 saturated carbocycles. The first-order chi connectivity index (χ1) is 3.22. The lowest BCUT2D eigenvalue weighted by atomic mass is 10.6. The summed E-state index contributed by atoms with van der Waals surface area (Å²) in [7, 11) is 0. The van der Waals surface area contributed by atoms with Crippen LogP contribution in [-0.4, -0.2) is 4.98 Å². The van der Waals surface area contributed by atoms with Crippen molar-refractivity contribution in [1.82, 2.24) is 4.98 Å². The zero-order chi connectivity index (χ0) is 5.44. The number of H-pyrrole nitrogens is 1. The first-order valence-electron chi connectivity index (χ1n) is 1.61. The molecular formula is C3HNO3. The number of rotatable bonds is 0. The van der Waals surface area contributed by atoms with Crippen molar-refractivity contribution in [3.8, 4) is 0 Å². The van der Waals surface area contributed by atoms with Crippen molar-refractivity contribution in [2.24, 2.45) is 0 Å². The van der Waals surface area contributed by atoms with Gasteiger partial charge in [0, 0.05) is 0 Å². The van der Waals surface area contributed by atoms with Crippen LogP contribution in [0.5, 0.6) is 0 Å². The summed E-state index contributed by atoms with van der Waals surface area (Å²) < 4.78 is 0. The molecular weight excluding hydrogens is 98.0 g/mol. The second kappa shape index (κ2) is 0.900. The lowest BCUT2D eigenvalue weighted by Gasteiger charge is -1.73. The first kappa shape index (κ1) is 3.98. The lowest BCUT2D eigenvalue weighted by molar-refractivity contribution is 1.04. The van der Waals surface area contributed by atoms with Crippen LogP contribution < -0.4 is 16.5 Å². The normalized spacial score (nSPS) is 9.71. The number of hydrogen-bond donors (Lipinski definition) is 1. The van der Waals surface area contributed by atoms with E-state index < -0.39 is 16.5 Å². The van der Waals surface area contributed by atoms with Gasteiger partial charge in [0.25, 0.3) is 0 Å². The average Bonchev–Trinajstić information content (AvgIpc) is 1.68. The fourth-order valence-corrected chi connectivity index (χ4v) is 0.257. The van der Waals surface area contributed by atoms with E-state index in [0.29, 0.717) is 0 Å². The molecule has 1 aromatic rings. The Labute approximate surface area is 37.1 Å². The molecule has 0 unspecified atom stereocenters. The van der Waals surface area contributed by atoms with E-state index in [4.69, 9.17) is 0 Å². The van der Waals surface area contributed by atoms with Gasteiger partial charge in [0.05, 0.1) is 0 Å². The van der Waals surface area contributed by atoms with Gasteiger partial charge in [-0.1, -0.05) is 0 Å². The quantitative estimate of drug-likeness (QED) is 0.381. The number of aromatic amines is 1. The van der Waals surface area contributed by atoms with E-state index in [1.807, 2.05) is 0 Å². The highest BCUT2D eigenvalue weighted by Gasteiger charge is 2.01. The van der Waals surface area contributed by atoms with E-state index in [-0.39, 0.29) is 0 Å². The van der Waals surface area contributed by atoms with E-state index in [1.165, 1.54) is 0 Å². The van der Waals surface area contributed by atoms with Crippen LogP contribution in [-0.2, 0) is 0 Å². The van der Waals surface area contributed by atoms with Crippen LogP contribution >= 0.6 is 0 Å². The third-order valence-electron chi connectivity index (χ3n) is 0.640. The van der Waals surface area contributed by atoms with Gasteiger partial charge in [-0.25, -0.2) is 0 Å². The van der Waals surface area contributed by atoms with E-state index in [2.05, 4.69) is 0 Å². The summed E-state index contributed by atoms with van der Waals surface area (Å²) >= 11 is 0. The highest BCUT2D eigenvalue weighted by atomic mass is 16.2. The Kier molecular flexibility index (Phi) is 0.512. The van der Waals surface area contributed by atoms with Gasteiger partial charge in [0.2, 0.25) is 0 Å². The maximum absolute atomic E-state index is 9.80. The standard InChI is InChI=1S/C3HNO3/c5-1-2(6)4-3(1)7/h(H,4,6,7). The molecule has 0 amide bonds. The molecule has 1 heterocycles. The first-order valence-corrected chi connectivity index (χ1v) is 1.61. The van der Waals surface area contributed by atoms with E-state index in [1.54, 1.807) is 4.98 Å². The molecule has 4 nitrogen and oxygen atoms in total. The minimum absolute atomic E-state index is 0.801. The molecule has 1 aromatic heterocycles. The van der Waals surface area contributed by atoms with Crippen molar-refractivity contribution < 1.29 is 0 Å².